The quantitative estimate of drug-likeness (QED) is 0.474. The summed E-state index contributed by atoms with van der Waals surface area (Å²) in [6.45, 7) is -3.82. The summed E-state index contributed by atoms with van der Waals surface area (Å²) < 4.78 is 29.7. The lowest BCUT2D eigenvalue weighted by Gasteiger charge is -2.09. The Morgan fingerprint density at radius 3 is 1.50 bits per heavy atom. The number of phenols is 2. The zero-order chi connectivity index (χ0) is 21.5. The molecule has 0 aliphatic heterocycles. The molecule has 0 aromatic heterocycles. The number of nitrogens with one attached hydrogen (secondary N) is 2. The summed E-state index contributed by atoms with van der Waals surface area (Å²) in [5.74, 6) is 0.0157. The molecule has 132 valence electrons. The summed E-state index contributed by atoms with van der Waals surface area (Å²) >= 11 is 0. The molecule has 2 unspecified atom stereocenters. The molecule has 2 atom stereocenters. The molecule has 0 amide bonds. The van der Waals surface area contributed by atoms with E-state index in [1.165, 1.54) is 38.4 Å². The molecular formula is C18H26N2O4. The van der Waals surface area contributed by atoms with Crippen molar-refractivity contribution in [3.8, 4) is 11.5 Å². The van der Waals surface area contributed by atoms with Gasteiger partial charge in [0.2, 0.25) is 0 Å². The first-order chi connectivity index (χ1) is 12.9. The average molecular weight is 338 g/mol. The van der Waals surface area contributed by atoms with Crippen molar-refractivity contribution in [1.29, 1.82) is 0 Å². The van der Waals surface area contributed by atoms with Gasteiger partial charge in [-0.3, -0.25) is 0 Å². The Hall–Kier alpha value is -2.12. The minimum Gasteiger partial charge on any atom is -0.508 e. The topological polar surface area (TPSA) is 105 Å². The van der Waals surface area contributed by atoms with Gasteiger partial charge in [-0.2, -0.15) is 0 Å². The van der Waals surface area contributed by atoms with Crippen LogP contribution in [0.25, 0.3) is 0 Å². The lowest BCUT2D eigenvalue weighted by Crippen LogP contribution is -2.16. The fourth-order valence-electron chi connectivity index (χ4n) is 1.83. The van der Waals surface area contributed by atoms with Crippen molar-refractivity contribution in [2.75, 3.05) is 27.1 Å². The number of aliphatic hydroxyl groups is 2. The number of hydrogen-bond donors (Lipinski definition) is 6. The summed E-state index contributed by atoms with van der Waals surface area (Å²) in [4.78, 5) is 0. The van der Waals surface area contributed by atoms with Gasteiger partial charge in [0.25, 0.3) is 0 Å². The Bertz CT molecular complexity index is 698. The third kappa shape index (κ3) is 6.97. The molecule has 0 heterocycles. The van der Waals surface area contributed by atoms with E-state index in [1.54, 1.807) is 24.3 Å². The zero-order valence-electron chi connectivity index (χ0n) is 17.6. The Balaban J connectivity index is 0.000000280. The van der Waals surface area contributed by atoms with Crippen LogP contribution in [0.3, 0.4) is 0 Å². The van der Waals surface area contributed by atoms with Gasteiger partial charge in [-0.15, -0.1) is 0 Å². The van der Waals surface area contributed by atoms with Crippen molar-refractivity contribution in [2.45, 2.75) is 12.2 Å². The number of phenolic OH excluding ortho intramolecular Hbond substituents is 2. The summed E-state index contributed by atoms with van der Waals surface area (Å²) in [5, 5.41) is 42.3. The number of likely N-dealkylation sites (N-methyl/N-ethyl adjacent to an activating group) is 2. The van der Waals surface area contributed by atoms with Crippen molar-refractivity contribution in [1.82, 2.24) is 10.6 Å². The van der Waals surface area contributed by atoms with E-state index in [1.807, 2.05) is 0 Å². The van der Waals surface area contributed by atoms with E-state index in [9.17, 15) is 10.2 Å². The van der Waals surface area contributed by atoms with Crippen LogP contribution in [0.4, 0.5) is 0 Å². The summed E-state index contributed by atoms with van der Waals surface area (Å²) in [5.41, 5.74) is 0.675. The van der Waals surface area contributed by atoms with Crippen LogP contribution in [0, 0.1) is 0 Å². The van der Waals surface area contributed by atoms with E-state index in [0.29, 0.717) is 11.1 Å². The van der Waals surface area contributed by atoms with E-state index in [-0.39, 0.29) is 11.5 Å². The van der Waals surface area contributed by atoms with Crippen LogP contribution in [-0.4, -0.2) is 47.5 Å². The first kappa shape index (κ1) is 14.2. The van der Waals surface area contributed by atoms with Crippen LogP contribution in [0.1, 0.15) is 28.8 Å². The molecule has 0 aliphatic rings. The monoisotopic (exact) mass is 338 g/mol. The van der Waals surface area contributed by atoms with Crippen molar-refractivity contribution in [3.05, 3.63) is 59.7 Å². The third-order valence-electron chi connectivity index (χ3n) is 2.93. The SMILES string of the molecule is [2H]C([2H])(NC)C(O)c1cccc(O)c1.[2H]C([2H])(NC)C(O)c1cccc(O)c1. The van der Waals surface area contributed by atoms with Gasteiger partial charge in [0.05, 0.1) is 12.2 Å². The first-order valence-electron chi connectivity index (χ1n) is 9.26. The lowest BCUT2D eigenvalue weighted by molar-refractivity contribution is 0.177. The van der Waals surface area contributed by atoms with Crippen molar-refractivity contribution >= 4 is 0 Å². The molecule has 6 N–H and O–H groups in total. The summed E-state index contributed by atoms with van der Waals surface area (Å²) in [7, 11) is 2.85. The second-order valence-electron chi connectivity index (χ2n) is 4.78. The molecule has 24 heavy (non-hydrogen) atoms. The fraction of sp³-hybridized carbons (Fsp3) is 0.333. The Morgan fingerprint density at radius 2 is 1.21 bits per heavy atom. The number of hydrogen-bond acceptors (Lipinski definition) is 6. The van der Waals surface area contributed by atoms with Crippen molar-refractivity contribution < 1.29 is 25.9 Å². The molecule has 2 rings (SSSR count). The number of benzene rings is 2. The highest BCUT2D eigenvalue weighted by Gasteiger charge is 2.06. The minimum atomic E-state index is -1.91. The molecule has 0 fully saturated rings. The van der Waals surface area contributed by atoms with E-state index in [0.717, 1.165) is 0 Å². The van der Waals surface area contributed by atoms with Crippen molar-refractivity contribution in [2.24, 2.45) is 0 Å². The lowest BCUT2D eigenvalue weighted by atomic mass is 10.1. The molecule has 6 nitrogen and oxygen atoms in total. The molecule has 2 aromatic carbocycles. The molecule has 6 heteroatoms. The normalized spacial score (nSPS) is 16.5. The Morgan fingerprint density at radius 1 is 0.833 bits per heavy atom. The van der Waals surface area contributed by atoms with Crippen molar-refractivity contribution in [3.63, 3.8) is 0 Å². The number of rotatable bonds is 6. The van der Waals surface area contributed by atoms with Gasteiger partial charge >= 0.3 is 0 Å². The maximum atomic E-state index is 9.62. The van der Waals surface area contributed by atoms with Crippen LogP contribution in [0.15, 0.2) is 48.5 Å². The highest BCUT2D eigenvalue weighted by atomic mass is 16.3. The smallest absolute Gasteiger partial charge is 0.115 e. The fourth-order valence-corrected chi connectivity index (χ4v) is 1.83. The van der Waals surface area contributed by atoms with Gasteiger partial charge < -0.3 is 31.1 Å². The van der Waals surface area contributed by atoms with Gasteiger partial charge in [-0.1, -0.05) is 24.3 Å². The zero-order valence-corrected chi connectivity index (χ0v) is 13.6. The maximum absolute atomic E-state index is 9.62. The number of aliphatic hydroxyl groups excluding tert-OH is 2. The van der Waals surface area contributed by atoms with E-state index >= 15 is 0 Å². The van der Waals surface area contributed by atoms with Gasteiger partial charge in [0.15, 0.2) is 0 Å². The minimum absolute atomic E-state index is 0.00783. The van der Waals surface area contributed by atoms with Crippen LogP contribution < -0.4 is 10.6 Å². The second-order valence-corrected chi connectivity index (χ2v) is 4.78. The molecule has 0 radical (unpaired) electrons. The average Bonchev–Trinajstić information content (AvgIpc) is 2.67. The predicted octanol–water partition coefficient (Wildman–Crippen LogP) is 1.29. The van der Waals surface area contributed by atoms with E-state index in [4.69, 9.17) is 15.7 Å². The molecular weight excluding hydrogens is 308 g/mol. The summed E-state index contributed by atoms with van der Waals surface area (Å²) in [6.07, 6.45) is -2.61. The van der Waals surface area contributed by atoms with E-state index < -0.39 is 25.2 Å². The molecule has 0 saturated carbocycles. The first-order valence-corrected chi connectivity index (χ1v) is 7.26. The molecule has 0 aliphatic carbocycles. The van der Waals surface area contributed by atoms with Gasteiger partial charge in [0, 0.05) is 18.5 Å². The molecule has 2 aromatic rings. The number of aromatic hydroxyl groups is 2. The Labute approximate surface area is 148 Å². The van der Waals surface area contributed by atoms with E-state index in [2.05, 4.69) is 10.6 Å². The molecule has 0 saturated heterocycles. The molecule has 0 spiro atoms. The van der Waals surface area contributed by atoms with Gasteiger partial charge in [-0.05, 0) is 49.5 Å². The largest absolute Gasteiger partial charge is 0.508 e. The maximum Gasteiger partial charge on any atom is 0.115 e. The summed E-state index contributed by atoms with van der Waals surface area (Å²) in [6, 6.07) is 11.8. The highest BCUT2D eigenvalue weighted by molar-refractivity contribution is 5.29. The van der Waals surface area contributed by atoms with Gasteiger partial charge in [-0.25, -0.2) is 0 Å². The van der Waals surface area contributed by atoms with Crippen LogP contribution >= 0.6 is 0 Å². The second kappa shape index (κ2) is 10.6. The predicted molar refractivity (Wildman–Crippen MR) is 94.0 cm³/mol. The van der Waals surface area contributed by atoms with Crippen LogP contribution in [0.2, 0.25) is 0 Å². The van der Waals surface area contributed by atoms with Gasteiger partial charge in [0.1, 0.15) is 11.5 Å². The standard InChI is InChI=1S/2C9H13NO2/c2*1-10-6-9(12)7-3-2-4-8(11)5-7/h2*2-5,9-12H,6H2,1H3/i2*6D2. The third-order valence-corrected chi connectivity index (χ3v) is 2.93. The highest BCUT2D eigenvalue weighted by Crippen LogP contribution is 2.17. The molecule has 0 bridgehead atoms. The Kier molecular flexibility index (Phi) is 6.30. The van der Waals surface area contributed by atoms with Crippen LogP contribution in [-0.2, 0) is 0 Å². The van der Waals surface area contributed by atoms with Crippen LogP contribution in [0.5, 0.6) is 11.5 Å².